The smallest absolute Gasteiger partial charge is 0.264 e. The van der Waals surface area contributed by atoms with Crippen LogP contribution in [0.3, 0.4) is 0 Å². The number of halogens is 2. The highest BCUT2D eigenvalue weighted by molar-refractivity contribution is 7.92. The third kappa shape index (κ3) is 9.50. The Hall–Kier alpha value is -4.05. The van der Waals surface area contributed by atoms with Gasteiger partial charge in [0.1, 0.15) is 18.3 Å². The Balaban J connectivity index is 1.82. The van der Waals surface area contributed by atoms with Gasteiger partial charge in [-0.1, -0.05) is 97.2 Å². The first kappa shape index (κ1) is 35.8. The maximum Gasteiger partial charge on any atom is 0.264 e. The fourth-order valence-electron chi connectivity index (χ4n) is 4.94. The lowest BCUT2D eigenvalue weighted by Crippen LogP contribution is -2.53. The Bertz CT molecular complexity index is 1770. The molecule has 8 nitrogen and oxygen atoms in total. The molecule has 1 atom stereocenters. The van der Waals surface area contributed by atoms with Crippen molar-refractivity contribution in [3.63, 3.8) is 0 Å². The number of ether oxygens (including phenoxy) is 1. The van der Waals surface area contributed by atoms with Crippen molar-refractivity contribution in [3.8, 4) is 5.75 Å². The third-order valence-corrected chi connectivity index (χ3v) is 9.87. The fraction of sp³-hybridized carbons (Fsp3) is 0.278. The third-order valence-electron chi connectivity index (χ3n) is 7.53. The van der Waals surface area contributed by atoms with E-state index in [2.05, 4.69) is 5.32 Å². The molecular weight excluding hydrogens is 657 g/mol. The molecule has 0 aliphatic rings. The van der Waals surface area contributed by atoms with Crippen LogP contribution in [0.4, 0.5) is 5.69 Å². The number of sulfonamides is 1. The van der Waals surface area contributed by atoms with Crippen LogP contribution in [0.15, 0.2) is 102 Å². The number of benzene rings is 4. The predicted molar refractivity (Wildman–Crippen MR) is 187 cm³/mol. The zero-order valence-corrected chi connectivity index (χ0v) is 29.1. The Kier molecular flexibility index (Phi) is 12.3. The molecule has 0 aromatic heterocycles. The van der Waals surface area contributed by atoms with Crippen LogP contribution in [0.25, 0.3) is 0 Å². The van der Waals surface area contributed by atoms with Crippen LogP contribution in [0.5, 0.6) is 5.75 Å². The number of aryl methyl sites for hydroxylation is 1. The first-order chi connectivity index (χ1) is 22.4. The molecule has 11 heteroatoms. The van der Waals surface area contributed by atoms with E-state index in [0.717, 1.165) is 21.0 Å². The summed E-state index contributed by atoms with van der Waals surface area (Å²) in [5.74, 6) is -0.399. The zero-order chi connectivity index (χ0) is 34.1. The molecule has 0 saturated heterocycles. The van der Waals surface area contributed by atoms with Crippen LogP contribution in [-0.4, -0.2) is 51.4 Å². The van der Waals surface area contributed by atoms with Crippen LogP contribution in [0.2, 0.25) is 10.0 Å². The van der Waals surface area contributed by atoms with Gasteiger partial charge in [0, 0.05) is 24.5 Å². The summed E-state index contributed by atoms with van der Waals surface area (Å²) in [7, 11) is -2.82. The Morgan fingerprint density at radius 2 is 1.53 bits per heavy atom. The molecule has 0 aliphatic carbocycles. The topological polar surface area (TPSA) is 96.0 Å². The summed E-state index contributed by atoms with van der Waals surface area (Å²) in [6, 6.07) is 26.3. The molecule has 0 spiro atoms. The van der Waals surface area contributed by atoms with Crippen molar-refractivity contribution in [1.82, 2.24) is 10.2 Å². The maximum atomic E-state index is 14.6. The van der Waals surface area contributed by atoms with Gasteiger partial charge in [0.25, 0.3) is 10.0 Å². The minimum absolute atomic E-state index is 0.00241. The first-order valence-electron chi connectivity index (χ1n) is 15.2. The number of nitrogens with zero attached hydrogens (tertiary/aromatic N) is 2. The number of hydrogen-bond acceptors (Lipinski definition) is 5. The first-order valence-corrected chi connectivity index (χ1v) is 17.4. The number of anilines is 1. The highest BCUT2D eigenvalue weighted by Gasteiger charge is 2.35. The quantitative estimate of drug-likeness (QED) is 0.155. The number of hydrogen-bond donors (Lipinski definition) is 1. The molecule has 2 amide bonds. The molecule has 248 valence electrons. The van der Waals surface area contributed by atoms with E-state index in [1.54, 1.807) is 42.5 Å². The van der Waals surface area contributed by atoms with Crippen molar-refractivity contribution in [2.75, 3.05) is 24.5 Å². The van der Waals surface area contributed by atoms with Gasteiger partial charge < -0.3 is 15.0 Å². The molecule has 4 aromatic rings. The monoisotopic (exact) mass is 695 g/mol. The molecule has 0 radical (unpaired) electrons. The van der Waals surface area contributed by atoms with Gasteiger partial charge in [0.2, 0.25) is 11.8 Å². The summed E-state index contributed by atoms with van der Waals surface area (Å²) in [6.45, 7) is 5.66. The van der Waals surface area contributed by atoms with Crippen molar-refractivity contribution in [2.45, 2.75) is 44.7 Å². The van der Waals surface area contributed by atoms with Gasteiger partial charge in [-0.05, 0) is 66.4 Å². The molecule has 0 heterocycles. The van der Waals surface area contributed by atoms with E-state index in [4.69, 9.17) is 27.9 Å². The summed E-state index contributed by atoms with van der Waals surface area (Å²) in [6.07, 6.45) is 0.211. The predicted octanol–water partition coefficient (Wildman–Crippen LogP) is 6.92. The molecule has 0 saturated carbocycles. The van der Waals surface area contributed by atoms with E-state index in [1.165, 1.54) is 36.3 Å². The van der Waals surface area contributed by atoms with Gasteiger partial charge >= 0.3 is 0 Å². The number of rotatable bonds is 14. The van der Waals surface area contributed by atoms with Crippen LogP contribution >= 0.6 is 23.2 Å². The minimum atomic E-state index is -4.27. The van der Waals surface area contributed by atoms with Gasteiger partial charge in [-0.25, -0.2) is 8.42 Å². The number of nitrogens with one attached hydrogen (secondary N) is 1. The van der Waals surface area contributed by atoms with Crippen molar-refractivity contribution in [1.29, 1.82) is 0 Å². The molecule has 47 heavy (non-hydrogen) atoms. The minimum Gasteiger partial charge on any atom is -0.495 e. The van der Waals surface area contributed by atoms with Crippen molar-refractivity contribution >= 4 is 50.7 Å². The van der Waals surface area contributed by atoms with E-state index in [0.29, 0.717) is 17.3 Å². The molecular formula is C36H39Cl2N3O5S. The van der Waals surface area contributed by atoms with Crippen molar-refractivity contribution in [2.24, 2.45) is 5.92 Å². The summed E-state index contributed by atoms with van der Waals surface area (Å²) >= 11 is 12.6. The zero-order valence-electron chi connectivity index (χ0n) is 26.8. The van der Waals surface area contributed by atoms with Gasteiger partial charge in [0.15, 0.2) is 0 Å². The highest BCUT2D eigenvalue weighted by atomic mass is 35.5. The van der Waals surface area contributed by atoms with Crippen LogP contribution in [0.1, 0.15) is 30.5 Å². The molecule has 4 rings (SSSR count). The summed E-state index contributed by atoms with van der Waals surface area (Å²) in [4.78, 5) is 29.9. The normalized spacial score (nSPS) is 12.0. The fourth-order valence-corrected chi connectivity index (χ4v) is 6.72. The molecule has 0 unspecified atom stereocenters. The second kappa shape index (κ2) is 16.2. The molecule has 0 aliphatic heterocycles. The van der Waals surface area contributed by atoms with Gasteiger partial charge in [-0.2, -0.15) is 0 Å². The van der Waals surface area contributed by atoms with Crippen molar-refractivity contribution in [3.05, 3.63) is 124 Å². The van der Waals surface area contributed by atoms with Crippen LogP contribution < -0.4 is 14.4 Å². The Labute approximate surface area is 287 Å². The number of carbonyl (C=O) groups is 2. The maximum absolute atomic E-state index is 14.6. The number of carbonyl (C=O) groups excluding carboxylic acids is 2. The lowest BCUT2D eigenvalue weighted by molar-refractivity contribution is -0.140. The lowest BCUT2D eigenvalue weighted by Gasteiger charge is -2.34. The van der Waals surface area contributed by atoms with E-state index < -0.39 is 28.5 Å². The Morgan fingerprint density at radius 1 is 0.872 bits per heavy atom. The molecule has 4 aromatic carbocycles. The van der Waals surface area contributed by atoms with Crippen LogP contribution in [-0.2, 0) is 32.6 Å². The highest BCUT2D eigenvalue weighted by Crippen LogP contribution is 2.32. The molecule has 0 bridgehead atoms. The van der Waals surface area contributed by atoms with Gasteiger partial charge in [0.05, 0.1) is 22.7 Å². The second-order valence-corrected chi connectivity index (χ2v) is 14.3. The Morgan fingerprint density at radius 3 is 2.13 bits per heavy atom. The number of methoxy groups -OCH3 is 1. The van der Waals surface area contributed by atoms with Gasteiger partial charge in [-0.15, -0.1) is 0 Å². The van der Waals surface area contributed by atoms with E-state index in [1.807, 2.05) is 51.1 Å². The summed E-state index contributed by atoms with van der Waals surface area (Å²) in [5, 5.41) is 3.68. The van der Waals surface area contributed by atoms with Gasteiger partial charge in [-0.3, -0.25) is 13.9 Å². The van der Waals surface area contributed by atoms with E-state index in [9.17, 15) is 18.0 Å². The molecule has 0 fully saturated rings. The SMILES string of the molecule is COc1ccc(N(CC(=O)N(Cc2ccc(Cl)cc2)[C@H](Cc2ccccc2)C(=O)NCC(C)C)S(=O)(=O)c2ccc(C)cc2)cc1Cl. The van der Waals surface area contributed by atoms with Crippen molar-refractivity contribution < 1.29 is 22.7 Å². The average Bonchev–Trinajstić information content (AvgIpc) is 3.05. The van der Waals surface area contributed by atoms with E-state index >= 15 is 0 Å². The lowest BCUT2D eigenvalue weighted by atomic mass is 10.0. The van der Waals surface area contributed by atoms with Crippen LogP contribution in [0, 0.1) is 12.8 Å². The average molecular weight is 697 g/mol. The standard InChI is InChI=1S/C36H39Cl2N3O5S/c1-25(2)22-39-36(43)33(20-27-8-6-5-7-9-27)40(23-28-12-14-29(37)15-13-28)35(42)24-41(30-16-19-34(46-4)32(38)21-30)47(44,45)31-17-10-26(3)11-18-31/h5-19,21,25,33H,20,22-24H2,1-4H3,(H,39,43)/t33-/m1/s1. The number of amides is 2. The molecule has 1 N–H and O–H groups in total. The second-order valence-electron chi connectivity index (χ2n) is 11.6. The summed E-state index contributed by atoms with van der Waals surface area (Å²) < 4.78 is 34.7. The largest absolute Gasteiger partial charge is 0.495 e. The summed E-state index contributed by atoms with van der Waals surface area (Å²) in [5.41, 5.74) is 2.61. The van der Waals surface area contributed by atoms with E-state index in [-0.39, 0.29) is 40.4 Å².